The van der Waals surface area contributed by atoms with E-state index < -0.39 is 0 Å². The van der Waals surface area contributed by atoms with Crippen molar-refractivity contribution in [1.29, 1.82) is 0 Å². The number of anilines is 1. The molecule has 0 aliphatic rings. The van der Waals surface area contributed by atoms with E-state index in [0.29, 0.717) is 19.1 Å². The molecule has 24 heavy (non-hydrogen) atoms. The van der Waals surface area contributed by atoms with Gasteiger partial charge >= 0.3 is 0 Å². The van der Waals surface area contributed by atoms with E-state index in [-0.39, 0.29) is 23.3 Å². The molecule has 0 spiro atoms. The molecule has 0 aromatic heterocycles. The molecule has 1 rings (SSSR count). The second-order valence-electron chi connectivity index (χ2n) is 6.08. The predicted molar refractivity (Wildman–Crippen MR) is 100 cm³/mol. The highest BCUT2D eigenvalue weighted by atomic mass is 32.2. The molecule has 2 N–H and O–H groups in total. The van der Waals surface area contributed by atoms with Crippen molar-refractivity contribution in [2.75, 3.05) is 36.6 Å². The molecule has 1 aromatic carbocycles. The number of carbonyl (C=O) groups excluding carboxylic acids is 2. The minimum Gasteiger partial charge on any atom is -0.381 e. The molecule has 1 aromatic rings. The van der Waals surface area contributed by atoms with Crippen LogP contribution in [-0.4, -0.2) is 43.1 Å². The summed E-state index contributed by atoms with van der Waals surface area (Å²) in [4.78, 5) is 23.4. The van der Waals surface area contributed by atoms with Gasteiger partial charge in [-0.1, -0.05) is 31.5 Å². The molecule has 134 valence electrons. The van der Waals surface area contributed by atoms with Crippen LogP contribution in [0, 0.1) is 12.8 Å². The van der Waals surface area contributed by atoms with Crippen LogP contribution < -0.4 is 10.6 Å². The van der Waals surface area contributed by atoms with Crippen molar-refractivity contribution in [3.05, 3.63) is 29.8 Å². The molecule has 0 aliphatic carbocycles. The van der Waals surface area contributed by atoms with Gasteiger partial charge in [-0.05, 0) is 31.4 Å². The minimum absolute atomic E-state index is 0.0491. The van der Waals surface area contributed by atoms with Gasteiger partial charge in [0.2, 0.25) is 11.8 Å². The number of hydrogen-bond acceptors (Lipinski definition) is 4. The summed E-state index contributed by atoms with van der Waals surface area (Å²) in [6.07, 6.45) is 0.803. The molecular weight excluding hydrogens is 324 g/mol. The van der Waals surface area contributed by atoms with Crippen molar-refractivity contribution >= 4 is 29.3 Å². The smallest absolute Gasteiger partial charge is 0.234 e. The van der Waals surface area contributed by atoms with Crippen LogP contribution in [-0.2, 0) is 14.3 Å². The van der Waals surface area contributed by atoms with E-state index in [9.17, 15) is 9.59 Å². The van der Waals surface area contributed by atoms with Crippen LogP contribution in [0.2, 0.25) is 0 Å². The van der Waals surface area contributed by atoms with Gasteiger partial charge in [-0.3, -0.25) is 9.59 Å². The number of hydrogen-bond donors (Lipinski definition) is 2. The Morgan fingerprint density at radius 1 is 1.12 bits per heavy atom. The largest absolute Gasteiger partial charge is 0.381 e. The van der Waals surface area contributed by atoms with Crippen LogP contribution in [0.25, 0.3) is 0 Å². The van der Waals surface area contributed by atoms with Crippen molar-refractivity contribution in [3.63, 3.8) is 0 Å². The van der Waals surface area contributed by atoms with Crippen LogP contribution >= 0.6 is 11.8 Å². The number of ether oxygens (including phenoxy) is 1. The highest BCUT2D eigenvalue weighted by Crippen LogP contribution is 2.09. The molecule has 0 radical (unpaired) electrons. The number of carbonyl (C=O) groups is 2. The first-order valence-electron chi connectivity index (χ1n) is 8.26. The molecule has 5 nitrogen and oxygen atoms in total. The fourth-order valence-electron chi connectivity index (χ4n) is 1.84. The van der Waals surface area contributed by atoms with Gasteiger partial charge in [0.15, 0.2) is 0 Å². The summed E-state index contributed by atoms with van der Waals surface area (Å²) in [5, 5.41) is 5.64. The number of thioether (sulfide) groups is 1. The third kappa shape index (κ3) is 10.3. The Bertz CT molecular complexity index is 503. The molecule has 6 heteroatoms. The fraction of sp³-hybridized carbons (Fsp3) is 0.556. The van der Waals surface area contributed by atoms with Crippen LogP contribution in [0.5, 0.6) is 0 Å². The Morgan fingerprint density at radius 2 is 1.79 bits per heavy atom. The SMILES string of the molecule is Cc1ccc(NC(=O)CSCC(=O)NCCCOCC(C)C)cc1. The van der Waals surface area contributed by atoms with Gasteiger partial charge in [-0.25, -0.2) is 0 Å². The van der Waals surface area contributed by atoms with E-state index in [1.54, 1.807) is 0 Å². The topological polar surface area (TPSA) is 67.4 Å². The lowest BCUT2D eigenvalue weighted by Gasteiger charge is -2.08. The van der Waals surface area contributed by atoms with Crippen molar-refractivity contribution in [2.24, 2.45) is 5.92 Å². The Hall–Kier alpha value is -1.53. The lowest BCUT2D eigenvalue weighted by Crippen LogP contribution is -2.27. The maximum Gasteiger partial charge on any atom is 0.234 e. The minimum atomic E-state index is -0.0984. The van der Waals surface area contributed by atoms with Crippen LogP contribution in [0.15, 0.2) is 24.3 Å². The molecule has 0 fully saturated rings. The van der Waals surface area contributed by atoms with Gasteiger partial charge in [0.25, 0.3) is 0 Å². The molecule has 0 unspecified atom stereocenters. The van der Waals surface area contributed by atoms with E-state index in [2.05, 4.69) is 24.5 Å². The summed E-state index contributed by atoms with van der Waals surface area (Å²) in [5.74, 6) is 0.931. The van der Waals surface area contributed by atoms with E-state index in [0.717, 1.165) is 24.3 Å². The van der Waals surface area contributed by atoms with Crippen molar-refractivity contribution < 1.29 is 14.3 Å². The number of amides is 2. The molecule has 0 saturated carbocycles. The maximum absolute atomic E-state index is 11.8. The summed E-state index contributed by atoms with van der Waals surface area (Å²) in [6.45, 7) is 8.22. The quantitative estimate of drug-likeness (QED) is 0.601. The number of aryl methyl sites for hydroxylation is 1. The Balaban J connectivity index is 2.04. The molecule has 0 bridgehead atoms. The second-order valence-corrected chi connectivity index (χ2v) is 7.06. The van der Waals surface area contributed by atoms with Crippen molar-refractivity contribution in [3.8, 4) is 0 Å². The Kier molecular flexibility index (Phi) is 10.2. The average Bonchev–Trinajstić information content (AvgIpc) is 2.52. The van der Waals surface area contributed by atoms with E-state index in [1.807, 2.05) is 31.2 Å². The summed E-state index contributed by atoms with van der Waals surface area (Å²) in [6, 6.07) is 7.63. The van der Waals surface area contributed by atoms with Crippen LogP contribution in [0.4, 0.5) is 5.69 Å². The lowest BCUT2D eigenvalue weighted by atomic mass is 10.2. The highest BCUT2D eigenvalue weighted by Gasteiger charge is 2.06. The van der Waals surface area contributed by atoms with E-state index in [1.165, 1.54) is 11.8 Å². The van der Waals surface area contributed by atoms with Gasteiger partial charge in [0.1, 0.15) is 0 Å². The fourth-order valence-corrected chi connectivity index (χ4v) is 2.49. The third-order valence-corrected chi connectivity index (χ3v) is 3.97. The molecule has 0 heterocycles. The summed E-state index contributed by atoms with van der Waals surface area (Å²) < 4.78 is 5.44. The monoisotopic (exact) mass is 352 g/mol. The zero-order valence-electron chi connectivity index (χ0n) is 14.8. The Morgan fingerprint density at radius 3 is 2.46 bits per heavy atom. The molecule has 0 atom stereocenters. The third-order valence-electron chi connectivity index (χ3n) is 3.04. The van der Waals surface area contributed by atoms with Crippen molar-refractivity contribution in [2.45, 2.75) is 27.2 Å². The predicted octanol–water partition coefficient (Wildman–Crippen LogP) is 2.85. The first-order chi connectivity index (χ1) is 11.5. The average molecular weight is 353 g/mol. The highest BCUT2D eigenvalue weighted by molar-refractivity contribution is 8.00. The van der Waals surface area contributed by atoms with Gasteiger partial charge in [0, 0.05) is 25.4 Å². The number of rotatable bonds is 11. The van der Waals surface area contributed by atoms with Gasteiger partial charge in [0.05, 0.1) is 11.5 Å². The molecule has 2 amide bonds. The van der Waals surface area contributed by atoms with Crippen LogP contribution in [0.3, 0.4) is 0 Å². The molecular formula is C18H28N2O3S. The zero-order chi connectivity index (χ0) is 17.8. The first-order valence-corrected chi connectivity index (χ1v) is 9.41. The summed E-state index contributed by atoms with van der Waals surface area (Å²) >= 11 is 1.31. The number of benzene rings is 1. The molecule has 0 aliphatic heterocycles. The van der Waals surface area contributed by atoms with Crippen LogP contribution in [0.1, 0.15) is 25.8 Å². The molecule has 0 saturated heterocycles. The van der Waals surface area contributed by atoms with E-state index in [4.69, 9.17) is 4.74 Å². The maximum atomic E-state index is 11.8. The second kappa shape index (κ2) is 11.9. The van der Waals surface area contributed by atoms with Gasteiger partial charge in [-0.15, -0.1) is 11.8 Å². The van der Waals surface area contributed by atoms with Gasteiger partial charge < -0.3 is 15.4 Å². The number of nitrogens with one attached hydrogen (secondary N) is 2. The normalized spacial score (nSPS) is 10.7. The summed E-state index contributed by atoms with van der Waals surface area (Å²) in [5.41, 5.74) is 1.92. The lowest BCUT2D eigenvalue weighted by molar-refractivity contribution is -0.118. The Labute approximate surface area is 148 Å². The standard InChI is InChI=1S/C18H28N2O3S/c1-14(2)11-23-10-4-9-19-17(21)12-24-13-18(22)20-16-7-5-15(3)6-8-16/h5-8,14H,4,9-13H2,1-3H3,(H,19,21)(H,20,22). The zero-order valence-corrected chi connectivity index (χ0v) is 15.6. The summed E-state index contributed by atoms with van der Waals surface area (Å²) in [7, 11) is 0. The first kappa shape index (κ1) is 20.5. The van der Waals surface area contributed by atoms with Crippen molar-refractivity contribution in [1.82, 2.24) is 5.32 Å². The van der Waals surface area contributed by atoms with Gasteiger partial charge in [-0.2, -0.15) is 0 Å². The van der Waals surface area contributed by atoms with E-state index >= 15 is 0 Å².